The van der Waals surface area contributed by atoms with Crippen molar-refractivity contribution in [3.8, 4) is 0 Å². The fourth-order valence-corrected chi connectivity index (χ4v) is 5.09. The SMILES string of the molecule is O=C(Cc1cccnc1)N1CCCC(C2CCN(C(=O)c3cc4nccnc4cc3F)C2)C1. The largest absolute Gasteiger partial charge is 0.342 e. The van der Waals surface area contributed by atoms with Gasteiger partial charge in [-0.1, -0.05) is 6.07 Å². The summed E-state index contributed by atoms with van der Waals surface area (Å²) in [6, 6.07) is 6.53. The van der Waals surface area contributed by atoms with Crippen LogP contribution in [0.1, 0.15) is 35.2 Å². The third-order valence-corrected chi connectivity index (χ3v) is 6.86. The predicted molar refractivity (Wildman–Crippen MR) is 121 cm³/mol. The van der Waals surface area contributed by atoms with Gasteiger partial charge in [0.2, 0.25) is 5.91 Å². The Labute approximate surface area is 191 Å². The van der Waals surface area contributed by atoms with E-state index in [0.717, 1.165) is 31.4 Å². The van der Waals surface area contributed by atoms with Crippen LogP contribution in [0.5, 0.6) is 0 Å². The second-order valence-corrected chi connectivity index (χ2v) is 8.96. The van der Waals surface area contributed by atoms with Crippen molar-refractivity contribution in [3.05, 3.63) is 66.0 Å². The Hall–Kier alpha value is -3.42. The Balaban J connectivity index is 1.23. The summed E-state index contributed by atoms with van der Waals surface area (Å²) in [7, 11) is 0. The molecular formula is C25H26FN5O2. The zero-order chi connectivity index (χ0) is 22.8. The van der Waals surface area contributed by atoms with Crippen molar-refractivity contribution in [2.24, 2.45) is 11.8 Å². The summed E-state index contributed by atoms with van der Waals surface area (Å²) < 4.78 is 14.6. The van der Waals surface area contributed by atoms with Gasteiger partial charge >= 0.3 is 0 Å². The first-order chi connectivity index (χ1) is 16.1. The summed E-state index contributed by atoms with van der Waals surface area (Å²) in [6.45, 7) is 2.67. The third-order valence-electron chi connectivity index (χ3n) is 6.86. The average Bonchev–Trinajstić information content (AvgIpc) is 3.34. The predicted octanol–water partition coefficient (Wildman–Crippen LogP) is 3.11. The lowest BCUT2D eigenvalue weighted by Crippen LogP contribution is -2.43. The number of hydrogen-bond donors (Lipinski definition) is 0. The number of nitrogens with zero attached hydrogens (tertiary/aromatic N) is 5. The van der Waals surface area contributed by atoms with E-state index >= 15 is 0 Å². The molecule has 2 aliphatic rings. The van der Waals surface area contributed by atoms with Gasteiger partial charge < -0.3 is 9.80 Å². The second kappa shape index (κ2) is 9.21. The molecule has 170 valence electrons. The molecule has 1 aromatic carbocycles. The van der Waals surface area contributed by atoms with Crippen LogP contribution in [-0.2, 0) is 11.2 Å². The van der Waals surface area contributed by atoms with Crippen LogP contribution in [-0.4, -0.2) is 62.7 Å². The minimum atomic E-state index is -0.568. The Morgan fingerprint density at radius 2 is 1.73 bits per heavy atom. The van der Waals surface area contributed by atoms with Crippen LogP contribution < -0.4 is 0 Å². The Kier molecular flexibility index (Phi) is 5.98. The highest BCUT2D eigenvalue weighted by Gasteiger charge is 2.36. The quantitative estimate of drug-likeness (QED) is 0.614. The zero-order valence-corrected chi connectivity index (χ0v) is 18.4. The second-order valence-electron chi connectivity index (χ2n) is 8.96. The minimum absolute atomic E-state index is 0.0422. The van der Waals surface area contributed by atoms with Gasteiger partial charge in [0.05, 0.1) is 23.0 Å². The van der Waals surface area contributed by atoms with Crippen LogP contribution in [0, 0.1) is 17.7 Å². The number of piperidine rings is 1. The number of likely N-dealkylation sites (tertiary alicyclic amines) is 2. The molecule has 8 heteroatoms. The molecule has 33 heavy (non-hydrogen) atoms. The van der Waals surface area contributed by atoms with Gasteiger partial charge in [0.25, 0.3) is 5.91 Å². The van der Waals surface area contributed by atoms with Crippen molar-refractivity contribution >= 4 is 22.8 Å². The third kappa shape index (κ3) is 4.55. The number of amides is 2. The van der Waals surface area contributed by atoms with Crippen molar-refractivity contribution < 1.29 is 14.0 Å². The average molecular weight is 448 g/mol. The molecule has 3 aromatic rings. The van der Waals surface area contributed by atoms with E-state index in [1.165, 1.54) is 24.5 Å². The van der Waals surface area contributed by atoms with Gasteiger partial charge in [0.15, 0.2) is 0 Å². The molecule has 0 saturated carbocycles. The number of pyridine rings is 1. The maximum absolute atomic E-state index is 14.6. The van der Waals surface area contributed by atoms with Crippen molar-refractivity contribution in [1.29, 1.82) is 0 Å². The highest BCUT2D eigenvalue weighted by molar-refractivity contribution is 5.97. The minimum Gasteiger partial charge on any atom is -0.342 e. The lowest BCUT2D eigenvalue weighted by atomic mass is 9.84. The summed E-state index contributed by atoms with van der Waals surface area (Å²) in [4.78, 5) is 42.0. The monoisotopic (exact) mass is 447 g/mol. The molecule has 2 aliphatic heterocycles. The molecule has 2 unspecified atom stereocenters. The number of benzene rings is 1. The van der Waals surface area contributed by atoms with Crippen LogP contribution >= 0.6 is 0 Å². The van der Waals surface area contributed by atoms with E-state index in [-0.39, 0.29) is 17.4 Å². The van der Waals surface area contributed by atoms with Crippen LogP contribution in [0.2, 0.25) is 0 Å². The molecule has 0 spiro atoms. The lowest BCUT2D eigenvalue weighted by molar-refractivity contribution is -0.132. The van der Waals surface area contributed by atoms with E-state index in [2.05, 4.69) is 15.0 Å². The lowest BCUT2D eigenvalue weighted by Gasteiger charge is -2.36. The van der Waals surface area contributed by atoms with Gasteiger partial charge in [-0.2, -0.15) is 0 Å². The van der Waals surface area contributed by atoms with Crippen LogP contribution in [0.15, 0.2) is 49.1 Å². The topological polar surface area (TPSA) is 79.3 Å². The number of carbonyl (C=O) groups excluding carboxylic acids is 2. The van der Waals surface area contributed by atoms with E-state index in [0.29, 0.717) is 48.9 Å². The van der Waals surface area contributed by atoms with Crippen molar-refractivity contribution in [2.45, 2.75) is 25.7 Å². The van der Waals surface area contributed by atoms with Crippen LogP contribution in [0.4, 0.5) is 4.39 Å². The number of hydrogen-bond acceptors (Lipinski definition) is 5. The molecule has 0 bridgehead atoms. The number of halogens is 1. The van der Waals surface area contributed by atoms with Gasteiger partial charge in [-0.25, -0.2) is 4.39 Å². The van der Waals surface area contributed by atoms with E-state index < -0.39 is 5.82 Å². The highest BCUT2D eigenvalue weighted by atomic mass is 19.1. The fraction of sp³-hybridized carbons (Fsp3) is 0.400. The van der Waals surface area contributed by atoms with Crippen LogP contribution in [0.25, 0.3) is 11.0 Å². The first-order valence-corrected chi connectivity index (χ1v) is 11.4. The maximum atomic E-state index is 14.6. The normalized spacial score (nSPS) is 20.9. The first kappa shape index (κ1) is 21.4. The molecule has 7 nitrogen and oxygen atoms in total. The zero-order valence-electron chi connectivity index (χ0n) is 18.4. The Bertz CT molecular complexity index is 1170. The van der Waals surface area contributed by atoms with Gasteiger partial charge in [-0.15, -0.1) is 0 Å². The maximum Gasteiger partial charge on any atom is 0.256 e. The molecule has 2 atom stereocenters. The van der Waals surface area contributed by atoms with Gasteiger partial charge in [-0.05, 0) is 48.8 Å². The van der Waals surface area contributed by atoms with E-state index in [4.69, 9.17) is 0 Å². The molecule has 2 saturated heterocycles. The summed E-state index contributed by atoms with van der Waals surface area (Å²) in [5, 5.41) is 0. The number of aromatic nitrogens is 3. The number of rotatable bonds is 4. The molecule has 2 amide bonds. The van der Waals surface area contributed by atoms with E-state index in [1.807, 2.05) is 17.0 Å². The molecule has 0 aliphatic carbocycles. The van der Waals surface area contributed by atoms with Crippen LogP contribution in [0.3, 0.4) is 0 Å². The van der Waals surface area contributed by atoms with Crippen molar-refractivity contribution in [3.63, 3.8) is 0 Å². The molecule has 2 fully saturated rings. The summed E-state index contributed by atoms with van der Waals surface area (Å²) in [5.41, 5.74) is 1.90. The van der Waals surface area contributed by atoms with Gasteiger partial charge in [0.1, 0.15) is 5.82 Å². The van der Waals surface area contributed by atoms with E-state index in [9.17, 15) is 14.0 Å². The van der Waals surface area contributed by atoms with E-state index in [1.54, 1.807) is 17.3 Å². The van der Waals surface area contributed by atoms with Gasteiger partial charge in [-0.3, -0.25) is 24.5 Å². The molecule has 0 radical (unpaired) electrons. The molecule has 0 N–H and O–H groups in total. The highest BCUT2D eigenvalue weighted by Crippen LogP contribution is 2.32. The van der Waals surface area contributed by atoms with Crippen molar-refractivity contribution in [1.82, 2.24) is 24.8 Å². The molecule has 2 aromatic heterocycles. The number of carbonyl (C=O) groups is 2. The van der Waals surface area contributed by atoms with Crippen molar-refractivity contribution in [2.75, 3.05) is 26.2 Å². The number of fused-ring (bicyclic) bond motifs is 1. The summed E-state index contributed by atoms with van der Waals surface area (Å²) in [5.74, 6) is -0.0879. The standard InChI is InChI=1S/C25H26FN5O2/c26-21-13-23-22(28-7-8-29-23)12-20(21)25(33)31-10-5-19(16-31)18-4-2-9-30(15-18)24(32)11-17-3-1-6-27-14-17/h1,3,6-8,12-14,18-19H,2,4-5,9-11,15-16H2. The Morgan fingerprint density at radius 3 is 2.52 bits per heavy atom. The fourth-order valence-electron chi connectivity index (χ4n) is 5.09. The Morgan fingerprint density at radius 1 is 0.970 bits per heavy atom. The first-order valence-electron chi connectivity index (χ1n) is 11.4. The molecular weight excluding hydrogens is 421 g/mol. The smallest absolute Gasteiger partial charge is 0.256 e. The molecule has 5 rings (SSSR count). The summed E-state index contributed by atoms with van der Waals surface area (Å²) in [6.07, 6.45) is 9.71. The molecule has 4 heterocycles. The van der Waals surface area contributed by atoms with Gasteiger partial charge in [0, 0.05) is 57.0 Å². The summed E-state index contributed by atoms with van der Waals surface area (Å²) >= 11 is 0.